The standard InChI is InChI=1S/C29H37FN8O/c1-2-37-11-6-19(7-12-37)15-20-8-13-38(14-9-20)21-3-4-26(32-17-21)35-29-33-18-23(30)27(36-29)25-16-22-24(34-25)5-10-31-28(22)39/h3-4,16-20,34H,2,5-15H2,1H3,(H,31,39)(H,32,33,35,36). The Morgan fingerprint density at radius 2 is 1.82 bits per heavy atom. The molecular weight excluding hydrogens is 495 g/mol. The van der Waals surface area contributed by atoms with Gasteiger partial charge in [0.25, 0.3) is 5.91 Å². The third-order valence-electron chi connectivity index (χ3n) is 8.59. The molecule has 3 aromatic heterocycles. The van der Waals surface area contributed by atoms with Gasteiger partial charge in [-0.2, -0.15) is 0 Å². The van der Waals surface area contributed by atoms with Crippen LogP contribution in [0.15, 0.2) is 30.6 Å². The summed E-state index contributed by atoms with van der Waals surface area (Å²) in [7, 11) is 0. The summed E-state index contributed by atoms with van der Waals surface area (Å²) in [6.07, 6.45) is 10.3. The van der Waals surface area contributed by atoms with Crippen molar-refractivity contribution in [3.8, 4) is 11.4 Å². The van der Waals surface area contributed by atoms with E-state index in [4.69, 9.17) is 0 Å². The Hall–Kier alpha value is -3.53. The van der Waals surface area contributed by atoms with Crippen LogP contribution in [0.2, 0.25) is 0 Å². The molecule has 0 saturated carbocycles. The van der Waals surface area contributed by atoms with Crippen LogP contribution in [0.5, 0.6) is 0 Å². The van der Waals surface area contributed by atoms with Crippen LogP contribution in [-0.4, -0.2) is 70.0 Å². The molecule has 0 aliphatic carbocycles. The van der Waals surface area contributed by atoms with Crippen molar-refractivity contribution < 1.29 is 9.18 Å². The molecule has 0 unspecified atom stereocenters. The maximum Gasteiger partial charge on any atom is 0.253 e. The van der Waals surface area contributed by atoms with E-state index in [-0.39, 0.29) is 17.5 Å². The van der Waals surface area contributed by atoms with Crippen LogP contribution in [0.3, 0.4) is 0 Å². The third-order valence-corrected chi connectivity index (χ3v) is 8.59. The normalized spacial score (nSPS) is 19.1. The van der Waals surface area contributed by atoms with Crippen LogP contribution in [0.4, 0.5) is 21.8 Å². The highest BCUT2D eigenvalue weighted by Gasteiger charge is 2.26. The molecule has 3 aromatic rings. The SMILES string of the molecule is CCN1CCC(CC2CCN(c3ccc(Nc4ncc(F)c(-c5cc6c([nH]5)CCNC6=O)n4)nc3)CC2)CC1. The number of aromatic amines is 1. The van der Waals surface area contributed by atoms with E-state index in [1.54, 1.807) is 6.07 Å². The summed E-state index contributed by atoms with van der Waals surface area (Å²) in [4.78, 5) is 33.3. The van der Waals surface area contributed by atoms with Crippen LogP contribution in [-0.2, 0) is 6.42 Å². The molecule has 206 valence electrons. The number of likely N-dealkylation sites (tertiary alicyclic amines) is 1. The first-order chi connectivity index (χ1) is 19.1. The number of anilines is 3. The molecular formula is C29H37FN8O. The predicted octanol–water partition coefficient (Wildman–Crippen LogP) is 4.37. The maximum atomic E-state index is 14.6. The Bertz CT molecular complexity index is 1290. The number of amides is 1. The molecule has 10 heteroatoms. The highest BCUT2D eigenvalue weighted by molar-refractivity contribution is 5.97. The largest absolute Gasteiger partial charge is 0.370 e. The minimum Gasteiger partial charge on any atom is -0.370 e. The van der Waals surface area contributed by atoms with Crippen LogP contribution >= 0.6 is 0 Å². The predicted molar refractivity (Wildman–Crippen MR) is 150 cm³/mol. The van der Waals surface area contributed by atoms with Gasteiger partial charge in [-0.1, -0.05) is 6.92 Å². The van der Waals surface area contributed by atoms with Gasteiger partial charge in [0.15, 0.2) is 5.82 Å². The summed E-state index contributed by atoms with van der Waals surface area (Å²) in [6.45, 7) is 8.67. The van der Waals surface area contributed by atoms with Gasteiger partial charge in [-0.25, -0.2) is 19.3 Å². The molecule has 39 heavy (non-hydrogen) atoms. The van der Waals surface area contributed by atoms with Gasteiger partial charge in [-0.15, -0.1) is 0 Å². The van der Waals surface area contributed by atoms with E-state index in [0.29, 0.717) is 30.0 Å². The van der Waals surface area contributed by atoms with Gasteiger partial charge in [0.1, 0.15) is 11.5 Å². The molecule has 2 fully saturated rings. The lowest BCUT2D eigenvalue weighted by atomic mass is 9.83. The number of hydrogen-bond donors (Lipinski definition) is 3. The second-order valence-corrected chi connectivity index (χ2v) is 11.0. The molecule has 0 aromatic carbocycles. The lowest BCUT2D eigenvalue weighted by Crippen LogP contribution is -2.37. The summed E-state index contributed by atoms with van der Waals surface area (Å²) in [5.41, 5.74) is 3.01. The topological polar surface area (TPSA) is 102 Å². The summed E-state index contributed by atoms with van der Waals surface area (Å²) in [5, 5.41) is 5.89. The van der Waals surface area contributed by atoms with Gasteiger partial charge in [-0.05, 0) is 81.8 Å². The van der Waals surface area contributed by atoms with Crippen LogP contribution < -0.4 is 15.5 Å². The van der Waals surface area contributed by atoms with Crippen LogP contribution in [0, 0.1) is 17.7 Å². The van der Waals surface area contributed by atoms with E-state index in [1.807, 2.05) is 12.3 Å². The Morgan fingerprint density at radius 3 is 2.51 bits per heavy atom. The highest BCUT2D eigenvalue weighted by atomic mass is 19.1. The third kappa shape index (κ3) is 5.75. The number of carbonyl (C=O) groups excluding carboxylic acids is 1. The summed E-state index contributed by atoms with van der Waals surface area (Å²) in [5.74, 6) is 1.85. The Morgan fingerprint density at radius 1 is 1.05 bits per heavy atom. The van der Waals surface area contributed by atoms with Crippen molar-refractivity contribution in [3.63, 3.8) is 0 Å². The van der Waals surface area contributed by atoms with Crippen molar-refractivity contribution >= 4 is 23.4 Å². The number of nitrogens with one attached hydrogen (secondary N) is 3. The molecule has 6 rings (SSSR count). The number of aromatic nitrogens is 4. The number of rotatable bonds is 7. The fourth-order valence-corrected chi connectivity index (χ4v) is 6.24. The van der Waals surface area contributed by atoms with Gasteiger partial charge in [0.05, 0.1) is 29.3 Å². The van der Waals surface area contributed by atoms with E-state index >= 15 is 0 Å². The summed E-state index contributed by atoms with van der Waals surface area (Å²) < 4.78 is 14.6. The average Bonchev–Trinajstić information content (AvgIpc) is 3.41. The van der Waals surface area contributed by atoms with Crippen molar-refractivity contribution in [1.29, 1.82) is 0 Å². The Kier molecular flexibility index (Phi) is 7.45. The monoisotopic (exact) mass is 532 g/mol. The van der Waals surface area contributed by atoms with E-state index in [2.05, 4.69) is 53.4 Å². The molecule has 0 radical (unpaired) electrons. The molecule has 3 aliphatic heterocycles. The molecule has 9 nitrogen and oxygen atoms in total. The number of nitrogens with zero attached hydrogens (tertiary/aromatic N) is 5. The smallest absolute Gasteiger partial charge is 0.253 e. The van der Waals surface area contributed by atoms with Crippen LogP contribution in [0.25, 0.3) is 11.4 Å². The van der Waals surface area contributed by atoms with Crippen molar-refractivity contribution in [2.24, 2.45) is 11.8 Å². The number of piperidine rings is 2. The Balaban J connectivity index is 1.05. The van der Waals surface area contributed by atoms with Gasteiger partial charge in [0.2, 0.25) is 5.95 Å². The minimum atomic E-state index is -0.558. The number of halogens is 1. The zero-order chi connectivity index (χ0) is 26.8. The molecule has 0 bridgehead atoms. The van der Waals surface area contributed by atoms with Gasteiger partial charge < -0.3 is 25.4 Å². The molecule has 3 N–H and O–H groups in total. The molecule has 1 amide bonds. The zero-order valence-corrected chi connectivity index (χ0v) is 22.5. The number of pyridine rings is 1. The first-order valence-electron chi connectivity index (χ1n) is 14.3. The average molecular weight is 533 g/mol. The maximum absolute atomic E-state index is 14.6. The zero-order valence-electron chi connectivity index (χ0n) is 22.5. The van der Waals surface area contributed by atoms with E-state index in [9.17, 15) is 9.18 Å². The number of H-pyrrole nitrogens is 1. The number of hydrogen-bond acceptors (Lipinski definition) is 7. The highest BCUT2D eigenvalue weighted by Crippen LogP contribution is 2.32. The van der Waals surface area contributed by atoms with Crippen molar-refractivity contribution in [2.75, 3.05) is 49.5 Å². The van der Waals surface area contributed by atoms with E-state index in [0.717, 1.165) is 42.5 Å². The van der Waals surface area contributed by atoms with Gasteiger partial charge in [-0.3, -0.25) is 4.79 Å². The van der Waals surface area contributed by atoms with Crippen LogP contribution in [0.1, 0.15) is 55.1 Å². The second-order valence-electron chi connectivity index (χ2n) is 11.0. The summed E-state index contributed by atoms with van der Waals surface area (Å²) >= 11 is 0. The first kappa shape index (κ1) is 25.7. The van der Waals surface area contributed by atoms with Gasteiger partial charge in [0, 0.05) is 31.7 Å². The Labute approximate surface area is 228 Å². The van der Waals surface area contributed by atoms with Crippen molar-refractivity contribution in [2.45, 2.75) is 45.4 Å². The number of carbonyl (C=O) groups is 1. The quantitative estimate of drug-likeness (QED) is 0.415. The van der Waals surface area contributed by atoms with Gasteiger partial charge >= 0.3 is 0 Å². The summed E-state index contributed by atoms with van der Waals surface area (Å²) in [6, 6.07) is 5.62. The molecule has 2 saturated heterocycles. The first-order valence-corrected chi connectivity index (χ1v) is 14.3. The molecule has 3 aliphatic rings. The van der Waals surface area contributed by atoms with E-state index < -0.39 is 5.82 Å². The molecule has 0 atom stereocenters. The molecule has 0 spiro atoms. The fraction of sp³-hybridized carbons (Fsp3) is 0.517. The lowest BCUT2D eigenvalue weighted by molar-refractivity contribution is 0.0946. The second kappa shape index (κ2) is 11.3. The van der Waals surface area contributed by atoms with E-state index in [1.165, 1.54) is 51.7 Å². The van der Waals surface area contributed by atoms with Crippen molar-refractivity contribution in [3.05, 3.63) is 47.7 Å². The van der Waals surface area contributed by atoms with Crippen molar-refractivity contribution in [1.82, 2.24) is 30.2 Å². The fourth-order valence-electron chi connectivity index (χ4n) is 6.24. The number of fused-ring (bicyclic) bond motifs is 1. The minimum absolute atomic E-state index is 0.116. The molecule has 6 heterocycles. The lowest BCUT2D eigenvalue weighted by Gasteiger charge is -2.37.